The lowest BCUT2D eigenvalue weighted by molar-refractivity contribution is 0.0966. The van der Waals surface area contributed by atoms with Crippen LogP contribution in [0.4, 0.5) is 4.79 Å². The molecule has 0 aromatic heterocycles. The number of amides is 3. The third-order valence-corrected chi connectivity index (χ3v) is 1.56. The molecule has 5 heteroatoms. The molecule has 0 aliphatic heterocycles. The molecular formula is C8H7ClN2O2. The van der Waals surface area contributed by atoms with Gasteiger partial charge in [-0.15, -0.1) is 0 Å². The molecule has 0 fully saturated rings. The van der Waals surface area contributed by atoms with E-state index in [0.29, 0.717) is 10.6 Å². The Balaban J connectivity index is 2.83. The molecule has 0 unspecified atom stereocenters. The van der Waals surface area contributed by atoms with Gasteiger partial charge in [-0.2, -0.15) is 0 Å². The maximum atomic E-state index is 11.1. The smallest absolute Gasteiger partial charge is 0.319 e. The number of imide groups is 1. The van der Waals surface area contributed by atoms with Crippen LogP contribution in [0.1, 0.15) is 10.4 Å². The second kappa shape index (κ2) is 3.91. The van der Waals surface area contributed by atoms with Crippen LogP contribution in [0.3, 0.4) is 0 Å². The Morgan fingerprint density at radius 1 is 1.38 bits per heavy atom. The van der Waals surface area contributed by atoms with Gasteiger partial charge in [-0.05, 0) is 18.2 Å². The molecule has 1 aromatic rings. The van der Waals surface area contributed by atoms with E-state index in [9.17, 15) is 9.59 Å². The van der Waals surface area contributed by atoms with E-state index in [4.69, 9.17) is 17.3 Å². The van der Waals surface area contributed by atoms with Crippen LogP contribution in [-0.4, -0.2) is 11.9 Å². The monoisotopic (exact) mass is 198 g/mol. The van der Waals surface area contributed by atoms with Crippen molar-refractivity contribution in [2.45, 2.75) is 0 Å². The van der Waals surface area contributed by atoms with Crippen molar-refractivity contribution in [3.05, 3.63) is 34.9 Å². The van der Waals surface area contributed by atoms with Gasteiger partial charge in [-0.1, -0.05) is 17.7 Å². The molecule has 0 spiro atoms. The van der Waals surface area contributed by atoms with Gasteiger partial charge in [0.15, 0.2) is 0 Å². The number of nitrogens with two attached hydrogens (primary N) is 1. The summed E-state index contributed by atoms with van der Waals surface area (Å²) in [4.78, 5) is 21.5. The zero-order valence-electron chi connectivity index (χ0n) is 6.58. The predicted molar refractivity (Wildman–Crippen MR) is 48.5 cm³/mol. The normalized spacial score (nSPS) is 9.31. The summed E-state index contributed by atoms with van der Waals surface area (Å²) < 4.78 is 0. The molecular weight excluding hydrogens is 192 g/mol. The van der Waals surface area contributed by atoms with Crippen LogP contribution in [0.5, 0.6) is 0 Å². The van der Waals surface area contributed by atoms with Crippen LogP contribution < -0.4 is 11.1 Å². The first-order chi connectivity index (χ1) is 6.09. The first-order valence-electron chi connectivity index (χ1n) is 3.46. The van der Waals surface area contributed by atoms with E-state index in [0.717, 1.165) is 0 Å². The Morgan fingerprint density at radius 3 is 2.62 bits per heavy atom. The molecule has 0 saturated heterocycles. The standard InChI is InChI=1S/C8H7ClN2O2/c9-6-3-1-2-5(4-6)7(12)11-8(10)13/h1-4H,(H3,10,11,12,13). The van der Waals surface area contributed by atoms with Crippen LogP contribution in [0.25, 0.3) is 0 Å². The number of urea groups is 1. The SMILES string of the molecule is NC(=O)NC(=O)c1cccc(Cl)c1. The fourth-order valence-electron chi connectivity index (χ4n) is 0.814. The second-order valence-electron chi connectivity index (χ2n) is 2.33. The minimum atomic E-state index is -0.884. The second-order valence-corrected chi connectivity index (χ2v) is 2.77. The van der Waals surface area contributed by atoms with E-state index in [2.05, 4.69) is 0 Å². The zero-order valence-corrected chi connectivity index (χ0v) is 7.34. The van der Waals surface area contributed by atoms with Crippen molar-refractivity contribution in [2.24, 2.45) is 5.73 Å². The molecule has 0 atom stereocenters. The highest BCUT2D eigenvalue weighted by Gasteiger charge is 2.06. The summed E-state index contributed by atoms with van der Waals surface area (Å²) in [5.74, 6) is -0.560. The number of nitrogens with one attached hydrogen (secondary N) is 1. The number of benzene rings is 1. The van der Waals surface area contributed by atoms with Crippen molar-refractivity contribution in [1.29, 1.82) is 0 Å². The van der Waals surface area contributed by atoms with Crippen molar-refractivity contribution >= 4 is 23.5 Å². The van der Waals surface area contributed by atoms with Gasteiger partial charge in [0.2, 0.25) is 0 Å². The molecule has 0 heterocycles. The van der Waals surface area contributed by atoms with Gasteiger partial charge in [0.1, 0.15) is 0 Å². The third-order valence-electron chi connectivity index (χ3n) is 1.32. The maximum absolute atomic E-state index is 11.1. The van der Waals surface area contributed by atoms with E-state index in [1.165, 1.54) is 12.1 Å². The summed E-state index contributed by atoms with van der Waals surface area (Å²) in [6.45, 7) is 0. The Labute approximate surface area is 79.7 Å². The largest absolute Gasteiger partial charge is 0.351 e. The number of rotatable bonds is 1. The van der Waals surface area contributed by atoms with E-state index < -0.39 is 11.9 Å². The van der Waals surface area contributed by atoms with Crippen molar-refractivity contribution in [3.63, 3.8) is 0 Å². The van der Waals surface area contributed by atoms with E-state index in [-0.39, 0.29) is 0 Å². The summed E-state index contributed by atoms with van der Waals surface area (Å²) in [7, 11) is 0. The van der Waals surface area contributed by atoms with E-state index in [1.54, 1.807) is 12.1 Å². The lowest BCUT2D eigenvalue weighted by atomic mass is 10.2. The number of carbonyl (C=O) groups excluding carboxylic acids is 2. The highest BCUT2D eigenvalue weighted by molar-refractivity contribution is 6.31. The molecule has 0 aliphatic rings. The minimum absolute atomic E-state index is 0.298. The minimum Gasteiger partial charge on any atom is -0.351 e. The van der Waals surface area contributed by atoms with Crippen LogP contribution in [0, 0.1) is 0 Å². The van der Waals surface area contributed by atoms with Crippen LogP contribution in [0.2, 0.25) is 5.02 Å². The van der Waals surface area contributed by atoms with Gasteiger partial charge in [0, 0.05) is 10.6 Å². The summed E-state index contributed by atoms with van der Waals surface area (Å²) in [5.41, 5.74) is 5.06. The zero-order chi connectivity index (χ0) is 9.84. The summed E-state index contributed by atoms with van der Waals surface area (Å²) in [6.07, 6.45) is 0. The Hall–Kier alpha value is -1.55. The van der Waals surface area contributed by atoms with Crippen LogP contribution in [-0.2, 0) is 0 Å². The molecule has 0 saturated carbocycles. The number of carbonyl (C=O) groups is 2. The quantitative estimate of drug-likeness (QED) is 0.711. The lowest BCUT2D eigenvalue weighted by Gasteiger charge is -2.00. The van der Waals surface area contributed by atoms with E-state index >= 15 is 0 Å². The molecule has 3 N–H and O–H groups in total. The molecule has 3 amide bonds. The highest BCUT2D eigenvalue weighted by atomic mass is 35.5. The molecule has 68 valence electrons. The number of hydrogen-bond acceptors (Lipinski definition) is 2. The molecule has 4 nitrogen and oxygen atoms in total. The highest BCUT2D eigenvalue weighted by Crippen LogP contribution is 2.10. The van der Waals surface area contributed by atoms with Crippen LogP contribution in [0.15, 0.2) is 24.3 Å². The number of halogens is 1. The van der Waals surface area contributed by atoms with Gasteiger partial charge in [0.25, 0.3) is 5.91 Å². The number of primary amides is 1. The topological polar surface area (TPSA) is 72.2 Å². The molecule has 0 bridgehead atoms. The Kier molecular flexibility index (Phi) is 2.87. The van der Waals surface area contributed by atoms with Crippen molar-refractivity contribution in [1.82, 2.24) is 5.32 Å². The van der Waals surface area contributed by atoms with E-state index in [1.807, 2.05) is 5.32 Å². The lowest BCUT2D eigenvalue weighted by Crippen LogP contribution is -2.34. The molecule has 1 rings (SSSR count). The molecule has 0 radical (unpaired) electrons. The summed E-state index contributed by atoms with van der Waals surface area (Å²) in [6, 6.07) is 5.33. The maximum Gasteiger partial charge on any atom is 0.319 e. The third kappa shape index (κ3) is 2.76. The Bertz CT molecular complexity index is 352. The first-order valence-corrected chi connectivity index (χ1v) is 3.84. The van der Waals surface area contributed by atoms with Gasteiger partial charge in [-0.25, -0.2) is 4.79 Å². The van der Waals surface area contributed by atoms with Crippen molar-refractivity contribution < 1.29 is 9.59 Å². The van der Waals surface area contributed by atoms with Crippen LogP contribution >= 0.6 is 11.6 Å². The average molecular weight is 199 g/mol. The van der Waals surface area contributed by atoms with Gasteiger partial charge in [0.05, 0.1) is 0 Å². The average Bonchev–Trinajstić information content (AvgIpc) is 2.03. The van der Waals surface area contributed by atoms with Crippen molar-refractivity contribution in [3.8, 4) is 0 Å². The van der Waals surface area contributed by atoms with Gasteiger partial charge < -0.3 is 5.73 Å². The molecule has 13 heavy (non-hydrogen) atoms. The van der Waals surface area contributed by atoms with Gasteiger partial charge >= 0.3 is 6.03 Å². The molecule has 1 aromatic carbocycles. The first kappa shape index (κ1) is 9.54. The van der Waals surface area contributed by atoms with Gasteiger partial charge in [-0.3, -0.25) is 10.1 Å². The fraction of sp³-hybridized carbons (Fsp3) is 0. The molecule has 0 aliphatic carbocycles. The fourth-order valence-corrected chi connectivity index (χ4v) is 1.00. The predicted octanol–water partition coefficient (Wildman–Crippen LogP) is 1.15. The summed E-state index contributed by atoms with van der Waals surface area (Å²) in [5, 5.41) is 2.36. The number of hydrogen-bond donors (Lipinski definition) is 2. The van der Waals surface area contributed by atoms with Crippen molar-refractivity contribution in [2.75, 3.05) is 0 Å². The summed E-state index contributed by atoms with van der Waals surface area (Å²) >= 11 is 5.63. The Morgan fingerprint density at radius 2 is 2.08 bits per heavy atom.